The summed E-state index contributed by atoms with van der Waals surface area (Å²) in [4.78, 5) is 125. The summed E-state index contributed by atoms with van der Waals surface area (Å²) in [5.74, 6) is -7.37. The van der Waals surface area contributed by atoms with Gasteiger partial charge in [-0.25, -0.2) is 24.2 Å². The number of ether oxygens (including phenoxy) is 5. The number of carboxylic acids is 2. The minimum Gasteiger partial charge on any atom is -0.480 e. The van der Waals surface area contributed by atoms with E-state index in [1.807, 2.05) is 10.3 Å². The molecule has 35 heteroatoms. The number of aromatic nitrogens is 2. The van der Waals surface area contributed by atoms with Gasteiger partial charge in [-0.05, 0) is 44.1 Å². The number of aliphatic carboxylic acids is 2. The highest BCUT2D eigenvalue weighted by Crippen LogP contribution is 2.35. The van der Waals surface area contributed by atoms with Crippen molar-refractivity contribution in [1.82, 2.24) is 51.8 Å². The SMILES string of the molecule is CO[C@H]1[C@H](O[C@@H](C(NCCCNC(=O)[C@@H](NC(=O)[C@@H](NC(=O)NC(=O)N[C@H](C(=O)O)C(C)C)[C@@H]2CCN=C(N)N2)[C@@H](OC(=O)CCCCCCCCCCCCN(O)C(=N)N)C(C)C)C(=O)O)[C@H]2O[C@@H](n3ccc(=O)[nH]c3=O)[C@H](O)[C@@H]2O)O[C@H](CN)[C@H]1O. The maximum atomic E-state index is 14.6. The number of aliphatic hydroxyl groups excluding tert-OH is 3. The number of urea groups is 2. The summed E-state index contributed by atoms with van der Waals surface area (Å²) in [6, 6.07) is -9.11. The van der Waals surface area contributed by atoms with Crippen molar-refractivity contribution in [2.75, 3.05) is 39.8 Å². The van der Waals surface area contributed by atoms with E-state index < -0.39 is 162 Å². The Morgan fingerprint density at radius 3 is 2.01 bits per heavy atom. The first-order valence-corrected chi connectivity index (χ1v) is 29.5. The second kappa shape index (κ2) is 36.4. The molecule has 15 atom stereocenters. The first-order valence-electron chi connectivity index (χ1n) is 29.5. The van der Waals surface area contributed by atoms with Gasteiger partial charge in [-0.1, -0.05) is 79.1 Å². The Kier molecular flexibility index (Phi) is 30.4. The predicted octanol–water partition coefficient (Wildman–Crippen LogP) is -3.76. The van der Waals surface area contributed by atoms with E-state index >= 15 is 0 Å². The van der Waals surface area contributed by atoms with Gasteiger partial charge in [0.25, 0.3) is 5.56 Å². The Morgan fingerprint density at radius 1 is 0.818 bits per heavy atom. The number of esters is 1. The molecule has 3 aliphatic rings. The Bertz CT molecular complexity index is 2610. The van der Waals surface area contributed by atoms with Crippen molar-refractivity contribution in [3.8, 4) is 0 Å². The minimum absolute atomic E-state index is 0.0489. The molecule has 0 radical (unpaired) electrons. The zero-order valence-corrected chi connectivity index (χ0v) is 50.2. The number of aliphatic hydroxyl groups is 3. The molecule has 4 rings (SSSR count). The number of guanidine groups is 2. The molecule has 3 aliphatic heterocycles. The van der Waals surface area contributed by atoms with E-state index in [0.717, 1.165) is 61.8 Å². The van der Waals surface area contributed by atoms with Crippen LogP contribution in [0.4, 0.5) is 9.59 Å². The largest absolute Gasteiger partial charge is 0.480 e. The average Bonchev–Trinajstić information content (AvgIpc) is 3.25. The number of carboxylic acid groups (broad SMARTS) is 2. The van der Waals surface area contributed by atoms with Crippen molar-refractivity contribution in [2.24, 2.45) is 34.0 Å². The molecular formula is C53H91N15O20. The number of hydrogen-bond donors (Lipinski definition) is 18. The standard InChI is InChI=1S/C53H91N15O20/c1-26(2)32(46(76)77)64-51(80)66-52(81)65-33(28-18-22-60-50(57)61-28)44(75)63-34(39(27(3)4)86-31(70)17-14-12-10-8-6-7-9-11-13-15-23-68(83)49(55)56)43(74)59-21-16-20-58-35(47(78)79)40(88-48-42(84-5)36(71)29(25-54)85-48)41-37(72)38(73)45(87-41)67-24-19-30(69)62-53(67)82/h19,24,26-29,32-42,45,48,58,71-73,83H,6-18,20-23,25,54H2,1-5H3,(H3,55,56)(H,59,74)(H,63,75)(H,76,77)(H,78,79)(H3,57,60,61)(H,62,69,82)(H3,64,65,66,80,81)/t28-,29+,32-,33-,34-,35?,36+,37-,38+,39-,40-,41-,42+,45+,48-/m0/s1. The Labute approximate surface area is 507 Å². The number of imide groups is 1. The Hall–Kier alpha value is -7.09. The van der Waals surface area contributed by atoms with E-state index in [4.69, 9.17) is 46.3 Å². The van der Waals surface area contributed by atoms with Gasteiger partial charge in [-0.2, -0.15) is 0 Å². The van der Waals surface area contributed by atoms with Crippen molar-refractivity contribution in [3.05, 3.63) is 33.1 Å². The number of carbonyl (C=O) groups excluding carboxylic acids is 5. The number of amides is 6. The molecule has 35 nitrogen and oxygen atoms in total. The van der Waals surface area contributed by atoms with Gasteiger partial charge in [0, 0.05) is 52.0 Å². The zero-order chi connectivity index (χ0) is 65.4. The van der Waals surface area contributed by atoms with Crippen LogP contribution in [0, 0.1) is 17.2 Å². The fourth-order valence-corrected chi connectivity index (χ4v) is 10.2. The van der Waals surface area contributed by atoms with Gasteiger partial charge in [0.15, 0.2) is 18.5 Å². The molecule has 21 N–H and O–H groups in total. The molecule has 0 spiro atoms. The highest BCUT2D eigenvalue weighted by Gasteiger charge is 2.54. The van der Waals surface area contributed by atoms with Crippen molar-refractivity contribution in [1.29, 1.82) is 5.41 Å². The van der Waals surface area contributed by atoms with Crippen LogP contribution in [0.1, 0.15) is 117 Å². The van der Waals surface area contributed by atoms with Gasteiger partial charge in [-0.3, -0.25) is 54.4 Å². The van der Waals surface area contributed by atoms with Gasteiger partial charge >= 0.3 is 35.7 Å². The number of nitrogens with one attached hydrogen (secondary N) is 9. The van der Waals surface area contributed by atoms with Crippen LogP contribution in [0.15, 0.2) is 26.8 Å². The lowest BCUT2D eigenvalue weighted by Crippen LogP contribution is -2.66. The molecule has 0 aromatic carbocycles. The first kappa shape index (κ1) is 73.4. The molecule has 2 saturated heterocycles. The van der Waals surface area contributed by atoms with Crippen molar-refractivity contribution >= 4 is 53.7 Å². The van der Waals surface area contributed by atoms with Crippen molar-refractivity contribution in [2.45, 2.75) is 203 Å². The van der Waals surface area contributed by atoms with E-state index in [1.165, 1.54) is 21.0 Å². The number of rotatable bonds is 37. The zero-order valence-electron chi connectivity index (χ0n) is 50.2. The average molecular weight is 1260 g/mol. The molecule has 498 valence electrons. The van der Waals surface area contributed by atoms with E-state index in [1.54, 1.807) is 13.8 Å². The number of aromatic amines is 1. The quantitative estimate of drug-likeness (QED) is 0.0100. The molecule has 1 unspecified atom stereocenters. The van der Waals surface area contributed by atoms with E-state index in [2.05, 4.69) is 36.9 Å². The summed E-state index contributed by atoms with van der Waals surface area (Å²) >= 11 is 0. The number of aliphatic imine (C=N–C) groups is 1. The van der Waals surface area contributed by atoms with Crippen LogP contribution in [0.5, 0.6) is 0 Å². The summed E-state index contributed by atoms with van der Waals surface area (Å²) in [5.41, 5.74) is 15.2. The molecule has 1 aromatic rings. The number of nitrogens with zero attached hydrogens (tertiary/aromatic N) is 3. The highest BCUT2D eigenvalue weighted by atomic mass is 16.7. The van der Waals surface area contributed by atoms with Gasteiger partial charge in [0.05, 0.1) is 6.04 Å². The lowest BCUT2D eigenvalue weighted by Gasteiger charge is -2.34. The number of unbranched alkanes of at least 4 members (excludes halogenated alkanes) is 9. The molecule has 1 aromatic heterocycles. The third kappa shape index (κ3) is 22.2. The molecule has 0 bridgehead atoms. The van der Waals surface area contributed by atoms with E-state index in [-0.39, 0.29) is 57.9 Å². The van der Waals surface area contributed by atoms with Gasteiger partial charge in [0.2, 0.25) is 17.8 Å². The fourth-order valence-electron chi connectivity index (χ4n) is 10.2. The molecule has 4 heterocycles. The normalized spacial score (nSPS) is 23.7. The second-order valence-corrected chi connectivity index (χ2v) is 22.4. The monoisotopic (exact) mass is 1260 g/mol. The maximum absolute atomic E-state index is 14.6. The number of hydroxylamine groups is 2. The number of carbonyl (C=O) groups is 7. The predicted molar refractivity (Wildman–Crippen MR) is 310 cm³/mol. The van der Waals surface area contributed by atoms with Crippen molar-refractivity contribution in [3.63, 3.8) is 0 Å². The third-order valence-electron chi connectivity index (χ3n) is 15.0. The van der Waals surface area contributed by atoms with Crippen LogP contribution in [-0.4, -0.2) is 224 Å². The lowest BCUT2D eigenvalue weighted by molar-refractivity contribution is -0.231. The third-order valence-corrected chi connectivity index (χ3v) is 15.0. The van der Waals surface area contributed by atoms with Gasteiger partial charge in [0.1, 0.15) is 73.0 Å². The van der Waals surface area contributed by atoms with E-state index in [0.29, 0.717) is 24.3 Å². The van der Waals surface area contributed by atoms with Crippen LogP contribution in [0.2, 0.25) is 0 Å². The van der Waals surface area contributed by atoms with Crippen LogP contribution >= 0.6 is 0 Å². The highest BCUT2D eigenvalue weighted by molar-refractivity contribution is 5.98. The number of H-pyrrole nitrogens is 1. The molecule has 6 amide bonds. The summed E-state index contributed by atoms with van der Waals surface area (Å²) < 4.78 is 30.0. The minimum atomic E-state index is -1.96. The summed E-state index contributed by atoms with van der Waals surface area (Å²) in [6.07, 6.45) is -6.49. The summed E-state index contributed by atoms with van der Waals surface area (Å²) in [7, 11) is 1.21. The maximum Gasteiger partial charge on any atom is 0.330 e. The van der Waals surface area contributed by atoms with Crippen LogP contribution in [0.25, 0.3) is 0 Å². The topological polar surface area (TPSA) is 544 Å². The van der Waals surface area contributed by atoms with Crippen molar-refractivity contribution < 1.29 is 88.0 Å². The Morgan fingerprint density at radius 2 is 1.44 bits per heavy atom. The van der Waals surface area contributed by atoms with Gasteiger partial charge in [-0.15, -0.1) is 0 Å². The van der Waals surface area contributed by atoms with Crippen LogP contribution in [0.3, 0.4) is 0 Å². The molecule has 0 saturated carbocycles. The summed E-state index contributed by atoms with van der Waals surface area (Å²) in [5, 5.41) is 88.6. The smallest absolute Gasteiger partial charge is 0.330 e. The molecule has 88 heavy (non-hydrogen) atoms. The molecule has 0 aliphatic carbocycles. The fraction of sp³-hybridized carbons (Fsp3) is 0.755. The van der Waals surface area contributed by atoms with E-state index in [9.17, 15) is 73.9 Å². The van der Waals surface area contributed by atoms with Gasteiger partial charge < -0.3 is 98.3 Å². The lowest BCUT2D eigenvalue weighted by atomic mass is 9.96. The van der Waals surface area contributed by atoms with Crippen LogP contribution in [-0.2, 0) is 47.7 Å². The first-order chi connectivity index (χ1) is 41.7. The Balaban J connectivity index is 1.53. The van der Waals surface area contributed by atoms with Crippen LogP contribution < -0.4 is 65.7 Å². The number of nitrogens with two attached hydrogens (primary N) is 3. The number of methoxy groups -OCH3 is 1. The molecular weight excluding hydrogens is 1170 g/mol. The number of hydrogen-bond acceptors (Lipinski definition) is 24. The second-order valence-electron chi connectivity index (χ2n) is 22.4. The molecule has 2 fully saturated rings. The summed E-state index contributed by atoms with van der Waals surface area (Å²) in [6.45, 7) is 5.93.